The summed E-state index contributed by atoms with van der Waals surface area (Å²) in [4.78, 5) is 2.27. The van der Waals surface area contributed by atoms with Crippen LogP contribution in [0.1, 0.15) is 6.42 Å². The van der Waals surface area contributed by atoms with Crippen LogP contribution < -0.4 is 0 Å². The summed E-state index contributed by atoms with van der Waals surface area (Å²) in [7, 11) is -1.68. The minimum Gasteiger partial charge on any atom is -0.385 e. The van der Waals surface area contributed by atoms with Gasteiger partial charge in [0.05, 0.1) is 4.34 Å². The van der Waals surface area contributed by atoms with E-state index in [2.05, 4.69) is 4.90 Å². The summed E-state index contributed by atoms with van der Waals surface area (Å²) in [5.74, 6) is 0. The molecule has 20 heavy (non-hydrogen) atoms. The van der Waals surface area contributed by atoms with Crippen molar-refractivity contribution in [3.05, 3.63) is 16.5 Å². The maximum atomic E-state index is 12.4. The Hall–Kier alpha value is -0.180. The van der Waals surface area contributed by atoms with E-state index in [4.69, 9.17) is 16.3 Å². The standard InChI is InChI=1S/C12H19ClN2O3S2/c1-18-10-2-5-14-6-8-15(9-7-14)20(16,17)12-4-3-11(13)19-12/h3-4H,2,5-10H2,1H3. The molecule has 0 aromatic carbocycles. The van der Waals surface area contributed by atoms with Crippen molar-refractivity contribution in [2.24, 2.45) is 0 Å². The number of halogens is 1. The van der Waals surface area contributed by atoms with Gasteiger partial charge in [-0.15, -0.1) is 11.3 Å². The number of hydrogen-bond donors (Lipinski definition) is 0. The van der Waals surface area contributed by atoms with E-state index in [0.717, 1.165) is 44.0 Å². The average molecular weight is 339 g/mol. The first-order valence-electron chi connectivity index (χ1n) is 6.51. The summed E-state index contributed by atoms with van der Waals surface area (Å²) >= 11 is 6.93. The third-order valence-corrected chi connectivity index (χ3v) is 6.89. The van der Waals surface area contributed by atoms with Gasteiger partial charge in [0, 0.05) is 46.4 Å². The lowest BCUT2D eigenvalue weighted by molar-refractivity contribution is 0.149. The van der Waals surface area contributed by atoms with E-state index in [0.29, 0.717) is 21.6 Å². The number of piperazine rings is 1. The molecule has 1 aromatic rings. The number of ether oxygens (including phenoxy) is 1. The van der Waals surface area contributed by atoms with Crippen LogP contribution in [0.15, 0.2) is 16.3 Å². The van der Waals surface area contributed by atoms with Crippen molar-refractivity contribution in [3.63, 3.8) is 0 Å². The zero-order valence-electron chi connectivity index (χ0n) is 11.4. The zero-order valence-corrected chi connectivity index (χ0v) is 13.8. The first-order chi connectivity index (χ1) is 9.54. The molecule has 114 valence electrons. The molecular formula is C12H19ClN2O3S2. The average Bonchev–Trinajstić information content (AvgIpc) is 2.87. The second-order valence-corrected chi connectivity index (χ2v) is 8.53. The van der Waals surface area contributed by atoms with Gasteiger partial charge in [0.1, 0.15) is 4.21 Å². The third-order valence-electron chi connectivity index (χ3n) is 3.30. The van der Waals surface area contributed by atoms with Crippen molar-refractivity contribution in [2.75, 3.05) is 46.4 Å². The van der Waals surface area contributed by atoms with Gasteiger partial charge in [-0.05, 0) is 18.6 Å². The molecule has 1 saturated heterocycles. The summed E-state index contributed by atoms with van der Waals surface area (Å²) < 4.78 is 32.2. The molecule has 0 atom stereocenters. The van der Waals surface area contributed by atoms with Gasteiger partial charge >= 0.3 is 0 Å². The fourth-order valence-electron chi connectivity index (χ4n) is 2.19. The number of thiophene rings is 1. The summed E-state index contributed by atoms with van der Waals surface area (Å²) in [6.07, 6.45) is 0.976. The minimum atomic E-state index is -3.37. The van der Waals surface area contributed by atoms with Crippen LogP contribution in [0.25, 0.3) is 0 Å². The Bertz CT molecular complexity index is 525. The summed E-state index contributed by atoms with van der Waals surface area (Å²) in [5.41, 5.74) is 0. The molecule has 0 saturated carbocycles. The van der Waals surface area contributed by atoms with Crippen LogP contribution in [0.4, 0.5) is 0 Å². The Balaban J connectivity index is 1.90. The van der Waals surface area contributed by atoms with Crippen molar-refractivity contribution < 1.29 is 13.2 Å². The van der Waals surface area contributed by atoms with Crippen LogP contribution in [0.5, 0.6) is 0 Å². The van der Waals surface area contributed by atoms with Crippen LogP contribution in [-0.2, 0) is 14.8 Å². The highest BCUT2D eigenvalue weighted by molar-refractivity contribution is 7.91. The zero-order chi connectivity index (χ0) is 14.6. The van der Waals surface area contributed by atoms with Crippen molar-refractivity contribution in [1.29, 1.82) is 0 Å². The Kier molecular flexibility index (Phi) is 5.83. The lowest BCUT2D eigenvalue weighted by atomic mass is 10.3. The van der Waals surface area contributed by atoms with Crippen LogP contribution in [-0.4, -0.2) is 64.1 Å². The SMILES string of the molecule is COCCCN1CCN(S(=O)(=O)c2ccc(Cl)s2)CC1. The molecule has 1 aliphatic rings. The van der Waals surface area contributed by atoms with E-state index in [1.54, 1.807) is 23.5 Å². The number of nitrogens with zero attached hydrogens (tertiary/aromatic N) is 2. The summed E-state index contributed by atoms with van der Waals surface area (Å²) in [6, 6.07) is 3.20. The molecule has 1 aromatic heterocycles. The smallest absolute Gasteiger partial charge is 0.252 e. The Morgan fingerprint density at radius 2 is 2.00 bits per heavy atom. The third kappa shape index (κ3) is 3.93. The van der Waals surface area contributed by atoms with E-state index in [1.807, 2.05) is 0 Å². The van der Waals surface area contributed by atoms with Crippen molar-refractivity contribution >= 4 is 33.0 Å². The van der Waals surface area contributed by atoms with Crippen LogP contribution in [0.2, 0.25) is 4.34 Å². The van der Waals surface area contributed by atoms with Crippen molar-refractivity contribution in [3.8, 4) is 0 Å². The highest BCUT2D eigenvalue weighted by Gasteiger charge is 2.29. The Labute approximate surface area is 129 Å². The lowest BCUT2D eigenvalue weighted by Gasteiger charge is -2.33. The molecule has 0 aliphatic carbocycles. The quantitative estimate of drug-likeness (QED) is 0.741. The van der Waals surface area contributed by atoms with Gasteiger partial charge in [-0.2, -0.15) is 4.31 Å². The predicted molar refractivity (Wildman–Crippen MR) is 81.0 cm³/mol. The van der Waals surface area contributed by atoms with Gasteiger partial charge in [0.25, 0.3) is 10.0 Å². The number of hydrogen-bond acceptors (Lipinski definition) is 5. The minimum absolute atomic E-state index is 0.329. The second kappa shape index (κ2) is 7.20. The lowest BCUT2D eigenvalue weighted by Crippen LogP contribution is -2.48. The molecule has 8 heteroatoms. The summed E-state index contributed by atoms with van der Waals surface area (Å²) in [6.45, 7) is 4.29. The maximum absolute atomic E-state index is 12.4. The molecule has 1 aliphatic heterocycles. The van der Waals surface area contributed by atoms with E-state index < -0.39 is 10.0 Å². The maximum Gasteiger partial charge on any atom is 0.252 e. The topological polar surface area (TPSA) is 49.9 Å². The highest BCUT2D eigenvalue weighted by atomic mass is 35.5. The fourth-order valence-corrected chi connectivity index (χ4v) is 5.25. The largest absolute Gasteiger partial charge is 0.385 e. The van der Waals surface area contributed by atoms with Crippen LogP contribution in [0, 0.1) is 0 Å². The van der Waals surface area contributed by atoms with Crippen LogP contribution >= 0.6 is 22.9 Å². The molecule has 0 amide bonds. The first kappa shape index (κ1) is 16.2. The van der Waals surface area contributed by atoms with Crippen molar-refractivity contribution in [2.45, 2.75) is 10.6 Å². The summed E-state index contributed by atoms with van der Waals surface area (Å²) in [5, 5.41) is 0. The molecular weight excluding hydrogens is 320 g/mol. The molecule has 0 spiro atoms. The number of sulfonamides is 1. The van der Waals surface area contributed by atoms with Gasteiger partial charge in [-0.25, -0.2) is 8.42 Å². The molecule has 0 N–H and O–H groups in total. The normalized spacial score (nSPS) is 18.5. The fraction of sp³-hybridized carbons (Fsp3) is 0.667. The van der Waals surface area contributed by atoms with Gasteiger partial charge in [0.15, 0.2) is 0 Å². The van der Waals surface area contributed by atoms with Gasteiger partial charge in [-0.1, -0.05) is 11.6 Å². The Morgan fingerprint density at radius 3 is 2.55 bits per heavy atom. The van der Waals surface area contributed by atoms with Crippen LogP contribution in [0.3, 0.4) is 0 Å². The predicted octanol–water partition coefficient (Wildman–Crippen LogP) is 1.74. The highest BCUT2D eigenvalue weighted by Crippen LogP contribution is 2.28. The molecule has 0 unspecified atom stereocenters. The monoisotopic (exact) mass is 338 g/mol. The molecule has 0 radical (unpaired) electrons. The van der Waals surface area contributed by atoms with E-state index in [9.17, 15) is 8.42 Å². The van der Waals surface area contributed by atoms with E-state index >= 15 is 0 Å². The molecule has 5 nitrogen and oxygen atoms in total. The molecule has 1 fully saturated rings. The molecule has 0 bridgehead atoms. The number of methoxy groups -OCH3 is 1. The van der Waals surface area contributed by atoms with E-state index in [1.165, 1.54) is 0 Å². The van der Waals surface area contributed by atoms with Gasteiger partial charge < -0.3 is 9.64 Å². The first-order valence-corrected chi connectivity index (χ1v) is 9.14. The second-order valence-electron chi connectivity index (χ2n) is 4.65. The molecule has 2 heterocycles. The van der Waals surface area contributed by atoms with Gasteiger partial charge in [0.2, 0.25) is 0 Å². The van der Waals surface area contributed by atoms with Crippen molar-refractivity contribution in [1.82, 2.24) is 9.21 Å². The van der Waals surface area contributed by atoms with Gasteiger partial charge in [-0.3, -0.25) is 0 Å². The molecule has 2 rings (SSSR count). The number of rotatable bonds is 6. The Morgan fingerprint density at radius 1 is 1.30 bits per heavy atom. The van der Waals surface area contributed by atoms with E-state index in [-0.39, 0.29) is 0 Å².